The highest BCUT2D eigenvalue weighted by atomic mass is 35.5. The maximum Gasteiger partial charge on any atom is 0.128 e. The Labute approximate surface area is 134 Å². The second-order valence-electron chi connectivity index (χ2n) is 7.06. The van der Waals surface area contributed by atoms with Crippen LogP contribution in [0, 0.1) is 5.92 Å². The third-order valence-electron chi connectivity index (χ3n) is 4.11. The first-order chi connectivity index (χ1) is 9.89. The summed E-state index contributed by atoms with van der Waals surface area (Å²) >= 11 is 6.30. The molecule has 1 aromatic heterocycles. The molecular weight excluding hydrogens is 282 g/mol. The van der Waals surface area contributed by atoms with E-state index < -0.39 is 0 Å². The molecule has 1 fully saturated rings. The Morgan fingerprint density at radius 1 is 1.38 bits per heavy atom. The minimum Gasteiger partial charge on any atom is -0.356 e. The van der Waals surface area contributed by atoms with Gasteiger partial charge in [-0.1, -0.05) is 24.9 Å². The molecule has 1 N–H and O–H groups in total. The molecule has 118 valence electrons. The van der Waals surface area contributed by atoms with Crippen LogP contribution >= 0.6 is 11.6 Å². The molecule has 0 saturated carbocycles. The van der Waals surface area contributed by atoms with Crippen molar-refractivity contribution in [2.24, 2.45) is 5.92 Å². The number of aromatic nitrogens is 1. The van der Waals surface area contributed by atoms with Crippen LogP contribution in [0.15, 0.2) is 12.1 Å². The lowest BCUT2D eigenvalue weighted by Crippen LogP contribution is -2.37. The van der Waals surface area contributed by atoms with E-state index in [2.05, 4.69) is 44.0 Å². The standard InChI is InChI=1S/C17H28ClN3/c1-5-13-7-6-10-21(12-13)16-9-8-14(18)15(20-16)11-19-17(2,3)4/h8-9,13,19H,5-7,10-12H2,1-4H3. The molecule has 1 unspecified atom stereocenters. The summed E-state index contributed by atoms with van der Waals surface area (Å²) in [6, 6.07) is 4.04. The fraction of sp³-hybridized carbons (Fsp3) is 0.706. The van der Waals surface area contributed by atoms with Gasteiger partial charge in [-0.2, -0.15) is 0 Å². The fourth-order valence-electron chi connectivity index (χ4n) is 2.73. The SMILES string of the molecule is CCC1CCCN(c2ccc(Cl)c(CNC(C)(C)C)n2)C1. The van der Waals surface area contributed by atoms with Gasteiger partial charge < -0.3 is 10.2 Å². The molecule has 4 heteroatoms. The Morgan fingerprint density at radius 3 is 2.81 bits per heavy atom. The van der Waals surface area contributed by atoms with Crippen molar-refractivity contribution in [3.63, 3.8) is 0 Å². The predicted molar refractivity (Wildman–Crippen MR) is 91.1 cm³/mol. The second kappa shape index (κ2) is 6.97. The summed E-state index contributed by atoms with van der Waals surface area (Å²) in [6.45, 7) is 11.7. The molecule has 0 spiro atoms. The van der Waals surface area contributed by atoms with Crippen molar-refractivity contribution in [1.29, 1.82) is 0 Å². The third-order valence-corrected chi connectivity index (χ3v) is 4.45. The van der Waals surface area contributed by atoms with Gasteiger partial charge in [-0.05, 0) is 51.7 Å². The molecule has 0 radical (unpaired) electrons. The Morgan fingerprint density at radius 2 is 2.14 bits per heavy atom. The summed E-state index contributed by atoms with van der Waals surface area (Å²) in [4.78, 5) is 7.21. The molecule has 2 heterocycles. The number of nitrogens with one attached hydrogen (secondary N) is 1. The summed E-state index contributed by atoms with van der Waals surface area (Å²) < 4.78 is 0. The molecule has 1 atom stereocenters. The maximum atomic E-state index is 6.30. The van der Waals surface area contributed by atoms with Crippen molar-refractivity contribution in [2.75, 3.05) is 18.0 Å². The summed E-state index contributed by atoms with van der Waals surface area (Å²) in [5, 5.41) is 4.21. The first-order valence-corrected chi connectivity index (χ1v) is 8.42. The van der Waals surface area contributed by atoms with Crippen molar-refractivity contribution in [3.8, 4) is 0 Å². The highest BCUT2D eigenvalue weighted by molar-refractivity contribution is 6.31. The molecule has 3 nitrogen and oxygen atoms in total. The minimum atomic E-state index is 0.0689. The van der Waals surface area contributed by atoms with Gasteiger partial charge in [0.15, 0.2) is 0 Å². The van der Waals surface area contributed by atoms with E-state index >= 15 is 0 Å². The van der Waals surface area contributed by atoms with E-state index in [0.29, 0.717) is 6.54 Å². The van der Waals surface area contributed by atoms with Crippen LogP contribution in [0.4, 0.5) is 5.82 Å². The van der Waals surface area contributed by atoms with Crippen LogP contribution in [0.1, 0.15) is 52.7 Å². The van der Waals surface area contributed by atoms with Crippen molar-refractivity contribution < 1.29 is 0 Å². The summed E-state index contributed by atoms with van der Waals surface area (Å²) in [5.74, 6) is 1.87. The van der Waals surface area contributed by atoms with Crippen LogP contribution in [-0.2, 0) is 6.54 Å². The number of pyridine rings is 1. The van der Waals surface area contributed by atoms with Crippen molar-refractivity contribution in [1.82, 2.24) is 10.3 Å². The minimum absolute atomic E-state index is 0.0689. The van der Waals surface area contributed by atoms with E-state index in [1.54, 1.807) is 0 Å². The molecule has 0 aromatic carbocycles. The Bertz CT molecular complexity index is 468. The summed E-state index contributed by atoms with van der Waals surface area (Å²) in [7, 11) is 0. The van der Waals surface area contributed by atoms with Gasteiger partial charge in [-0.3, -0.25) is 0 Å². The van der Waals surface area contributed by atoms with Crippen LogP contribution < -0.4 is 10.2 Å². The van der Waals surface area contributed by atoms with Gasteiger partial charge >= 0.3 is 0 Å². The molecule has 0 aliphatic carbocycles. The number of hydrogen-bond donors (Lipinski definition) is 1. The molecular formula is C17H28ClN3. The van der Waals surface area contributed by atoms with Gasteiger partial charge in [0.1, 0.15) is 5.82 Å². The van der Waals surface area contributed by atoms with E-state index in [0.717, 1.165) is 35.5 Å². The van der Waals surface area contributed by atoms with Gasteiger partial charge in [0, 0.05) is 25.2 Å². The average Bonchev–Trinajstić information content (AvgIpc) is 2.45. The zero-order valence-electron chi connectivity index (χ0n) is 13.7. The Kier molecular flexibility index (Phi) is 5.50. The van der Waals surface area contributed by atoms with Crippen LogP contribution in [0.5, 0.6) is 0 Å². The van der Waals surface area contributed by atoms with E-state index in [4.69, 9.17) is 16.6 Å². The molecule has 1 saturated heterocycles. The molecule has 0 amide bonds. The van der Waals surface area contributed by atoms with Crippen LogP contribution in [0.2, 0.25) is 5.02 Å². The second-order valence-corrected chi connectivity index (χ2v) is 7.47. The van der Waals surface area contributed by atoms with Crippen molar-refractivity contribution >= 4 is 17.4 Å². The smallest absolute Gasteiger partial charge is 0.128 e. The largest absolute Gasteiger partial charge is 0.356 e. The zero-order chi connectivity index (χ0) is 15.5. The number of hydrogen-bond acceptors (Lipinski definition) is 3. The lowest BCUT2D eigenvalue weighted by Gasteiger charge is -2.33. The lowest BCUT2D eigenvalue weighted by molar-refractivity contribution is 0.402. The van der Waals surface area contributed by atoms with Gasteiger partial charge in [-0.25, -0.2) is 4.98 Å². The number of nitrogens with zero attached hydrogens (tertiary/aromatic N) is 2. The molecule has 21 heavy (non-hydrogen) atoms. The number of rotatable bonds is 4. The van der Waals surface area contributed by atoms with Crippen molar-refractivity contribution in [2.45, 2.75) is 59.0 Å². The fourth-order valence-corrected chi connectivity index (χ4v) is 2.90. The summed E-state index contributed by atoms with van der Waals surface area (Å²) in [5.41, 5.74) is 1.02. The van der Waals surface area contributed by atoms with Gasteiger partial charge in [0.05, 0.1) is 10.7 Å². The Hall–Kier alpha value is -0.800. The predicted octanol–water partition coefficient (Wildman–Crippen LogP) is 4.25. The van der Waals surface area contributed by atoms with Crippen LogP contribution in [0.3, 0.4) is 0 Å². The van der Waals surface area contributed by atoms with Crippen LogP contribution in [0.25, 0.3) is 0 Å². The first kappa shape index (κ1) is 16.6. The molecule has 1 aliphatic rings. The normalized spacial score (nSPS) is 19.9. The third kappa shape index (κ3) is 4.86. The molecule has 1 aliphatic heterocycles. The quantitative estimate of drug-likeness (QED) is 0.901. The van der Waals surface area contributed by atoms with E-state index in [9.17, 15) is 0 Å². The molecule has 2 rings (SSSR count). The monoisotopic (exact) mass is 309 g/mol. The van der Waals surface area contributed by atoms with E-state index in [1.165, 1.54) is 19.3 Å². The highest BCUT2D eigenvalue weighted by Crippen LogP contribution is 2.26. The van der Waals surface area contributed by atoms with Gasteiger partial charge in [0.2, 0.25) is 0 Å². The van der Waals surface area contributed by atoms with E-state index in [-0.39, 0.29) is 5.54 Å². The number of halogens is 1. The average molecular weight is 310 g/mol. The van der Waals surface area contributed by atoms with Crippen molar-refractivity contribution in [3.05, 3.63) is 22.8 Å². The first-order valence-electron chi connectivity index (χ1n) is 8.04. The number of anilines is 1. The topological polar surface area (TPSA) is 28.2 Å². The lowest BCUT2D eigenvalue weighted by atomic mass is 9.96. The number of piperidine rings is 1. The van der Waals surface area contributed by atoms with Gasteiger partial charge in [-0.15, -0.1) is 0 Å². The zero-order valence-corrected chi connectivity index (χ0v) is 14.5. The maximum absolute atomic E-state index is 6.30. The highest BCUT2D eigenvalue weighted by Gasteiger charge is 2.20. The molecule has 1 aromatic rings. The van der Waals surface area contributed by atoms with Gasteiger partial charge in [0.25, 0.3) is 0 Å². The van der Waals surface area contributed by atoms with E-state index in [1.807, 2.05) is 6.07 Å². The summed E-state index contributed by atoms with van der Waals surface area (Å²) in [6.07, 6.45) is 3.86. The van der Waals surface area contributed by atoms with Crippen LogP contribution in [-0.4, -0.2) is 23.6 Å². The Balaban J connectivity index is 2.10. The molecule has 0 bridgehead atoms.